The summed E-state index contributed by atoms with van der Waals surface area (Å²) in [5.41, 5.74) is 1.40. The Labute approximate surface area is 136 Å². The van der Waals surface area contributed by atoms with Gasteiger partial charge in [0.25, 0.3) is 0 Å². The van der Waals surface area contributed by atoms with Crippen molar-refractivity contribution in [2.45, 2.75) is 50.0 Å². The standard InChI is InChI=1S/C18H24N2O3/c21-16(22)13-6-8-15(9-7-13)20-17(23)19-12-18(10-11-18)14-4-2-1-3-5-14/h1-5,13,15H,6-12H2,(H,21,22)(H2,19,20,23). The van der Waals surface area contributed by atoms with Gasteiger partial charge in [0.05, 0.1) is 5.92 Å². The van der Waals surface area contributed by atoms with E-state index in [-0.39, 0.29) is 23.4 Å². The molecule has 3 N–H and O–H groups in total. The second-order valence-electron chi connectivity index (χ2n) is 6.86. The van der Waals surface area contributed by atoms with Crippen molar-refractivity contribution in [3.05, 3.63) is 35.9 Å². The Bertz CT molecular complexity index is 561. The number of carbonyl (C=O) groups excluding carboxylic acids is 1. The average molecular weight is 316 g/mol. The SMILES string of the molecule is O=C(NCC1(c2ccccc2)CC1)NC1CCC(C(=O)O)CC1. The highest BCUT2D eigenvalue weighted by atomic mass is 16.4. The van der Waals surface area contributed by atoms with E-state index in [1.165, 1.54) is 5.56 Å². The lowest BCUT2D eigenvalue weighted by Gasteiger charge is -2.27. The molecule has 0 heterocycles. The molecular formula is C18H24N2O3. The number of carboxylic acid groups (broad SMARTS) is 1. The molecule has 2 fully saturated rings. The van der Waals surface area contributed by atoms with Gasteiger partial charge >= 0.3 is 12.0 Å². The number of hydrogen-bond donors (Lipinski definition) is 3. The summed E-state index contributed by atoms with van der Waals surface area (Å²) in [6.07, 6.45) is 5.01. The number of carboxylic acids is 1. The maximum atomic E-state index is 12.1. The number of urea groups is 1. The van der Waals surface area contributed by atoms with E-state index in [0.29, 0.717) is 19.4 Å². The van der Waals surface area contributed by atoms with Crippen LogP contribution >= 0.6 is 0 Å². The van der Waals surface area contributed by atoms with Crippen LogP contribution in [0.15, 0.2) is 30.3 Å². The fraction of sp³-hybridized carbons (Fsp3) is 0.556. The fourth-order valence-electron chi connectivity index (χ4n) is 3.48. The number of hydrogen-bond acceptors (Lipinski definition) is 2. The van der Waals surface area contributed by atoms with Gasteiger partial charge in [0.15, 0.2) is 0 Å². The fourth-order valence-corrected chi connectivity index (χ4v) is 3.48. The molecule has 0 bridgehead atoms. The largest absolute Gasteiger partial charge is 0.481 e. The normalized spacial score (nSPS) is 25.4. The molecule has 0 radical (unpaired) electrons. The minimum absolute atomic E-state index is 0.0949. The molecule has 0 atom stereocenters. The minimum atomic E-state index is -0.716. The Balaban J connectivity index is 1.43. The van der Waals surface area contributed by atoms with Crippen LogP contribution in [0.1, 0.15) is 44.1 Å². The van der Waals surface area contributed by atoms with Crippen molar-refractivity contribution in [1.82, 2.24) is 10.6 Å². The van der Waals surface area contributed by atoms with Crippen LogP contribution in [0.2, 0.25) is 0 Å². The zero-order valence-corrected chi connectivity index (χ0v) is 13.3. The summed E-state index contributed by atoms with van der Waals surface area (Å²) in [4.78, 5) is 23.0. The van der Waals surface area contributed by atoms with Crippen molar-refractivity contribution in [1.29, 1.82) is 0 Å². The first-order valence-electron chi connectivity index (χ1n) is 8.42. The first-order chi connectivity index (χ1) is 11.1. The highest BCUT2D eigenvalue weighted by Crippen LogP contribution is 2.47. The molecule has 5 heteroatoms. The Morgan fingerprint density at radius 1 is 1.09 bits per heavy atom. The van der Waals surface area contributed by atoms with Gasteiger partial charge in [-0.3, -0.25) is 4.79 Å². The van der Waals surface area contributed by atoms with Crippen molar-refractivity contribution in [3.8, 4) is 0 Å². The van der Waals surface area contributed by atoms with Crippen molar-refractivity contribution in [2.75, 3.05) is 6.54 Å². The molecule has 0 saturated heterocycles. The molecule has 0 unspecified atom stereocenters. The van der Waals surface area contributed by atoms with E-state index < -0.39 is 5.97 Å². The molecule has 5 nitrogen and oxygen atoms in total. The van der Waals surface area contributed by atoms with Crippen molar-refractivity contribution >= 4 is 12.0 Å². The van der Waals surface area contributed by atoms with Gasteiger partial charge in [-0.1, -0.05) is 30.3 Å². The Morgan fingerprint density at radius 3 is 2.30 bits per heavy atom. The van der Waals surface area contributed by atoms with Gasteiger partial charge < -0.3 is 15.7 Å². The Morgan fingerprint density at radius 2 is 1.74 bits per heavy atom. The van der Waals surface area contributed by atoms with E-state index >= 15 is 0 Å². The lowest BCUT2D eigenvalue weighted by atomic mass is 9.86. The van der Waals surface area contributed by atoms with Crippen LogP contribution in [0.4, 0.5) is 4.79 Å². The van der Waals surface area contributed by atoms with E-state index in [4.69, 9.17) is 5.11 Å². The monoisotopic (exact) mass is 316 g/mol. The van der Waals surface area contributed by atoms with Gasteiger partial charge in [-0.05, 0) is 44.1 Å². The van der Waals surface area contributed by atoms with Crippen LogP contribution in [-0.2, 0) is 10.2 Å². The van der Waals surface area contributed by atoms with E-state index in [2.05, 4.69) is 22.8 Å². The third kappa shape index (κ3) is 3.84. The summed E-state index contributed by atoms with van der Waals surface area (Å²) >= 11 is 0. The summed E-state index contributed by atoms with van der Waals surface area (Å²) in [5.74, 6) is -0.963. The van der Waals surface area contributed by atoms with Crippen molar-refractivity contribution in [3.63, 3.8) is 0 Å². The second-order valence-corrected chi connectivity index (χ2v) is 6.86. The Kier molecular flexibility index (Phi) is 4.55. The highest BCUT2D eigenvalue weighted by molar-refractivity contribution is 5.74. The van der Waals surface area contributed by atoms with Gasteiger partial charge in [-0.15, -0.1) is 0 Å². The third-order valence-electron chi connectivity index (χ3n) is 5.24. The average Bonchev–Trinajstić information content (AvgIpc) is 3.36. The molecule has 0 spiro atoms. The molecule has 3 rings (SSSR count). The molecule has 23 heavy (non-hydrogen) atoms. The van der Waals surface area contributed by atoms with Gasteiger partial charge in [-0.2, -0.15) is 0 Å². The number of nitrogens with one attached hydrogen (secondary N) is 2. The number of aliphatic carboxylic acids is 1. The molecule has 1 aromatic rings. The van der Waals surface area contributed by atoms with Crippen LogP contribution in [0.25, 0.3) is 0 Å². The lowest BCUT2D eigenvalue weighted by molar-refractivity contribution is -0.142. The molecule has 124 valence electrons. The van der Waals surface area contributed by atoms with Crippen molar-refractivity contribution in [2.24, 2.45) is 5.92 Å². The summed E-state index contributed by atoms with van der Waals surface area (Å²) in [5, 5.41) is 15.0. The maximum Gasteiger partial charge on any atom is 0.315 e. The van der Waals surface area contributed by atoms with Crippen molar-refractivity contribution < 1.29 is 14.7 Å². The third-order valence-corrected chi connectivity index (χ3v) is 5.24. The molecular weight excluding hydrogens is 292 g/mol. The predicted molar refractivity (Wildman–Crippen MR) is 87.3 cm³/mol. The smallest absolute Gasteiger partial charge is 0.315 e. The lowest BCUT2D eigenvalue weighted by Crippen LogP contribution is -2.46. The quantitative estimate of drug-likeness (QED) is 0.781. The number of carbonyl (C=O) groups is 2. The van der Waals surface area contributed by atoms with E-state index in [9.17, 15) is 9.59 Å². The molecule has 2 aliphatic carbocycles. The zero-order chi connectivity index (χ0) is 16.3. The van der Waals surface area contributed by atoms with Crippen LogP contribution in [0.5, 0.6) is 0 Å². The van der Waals surface area contributed by atoms with Gasteiger partial charge in [0.1, 0.15) is 0 Å². The minimum Gasteiger partial charge on any atom is -0.481 e. The molecule has 0 aliphatic heterocycles. The van der Waals surface area contributed by atoms with Crippen LogP contribution in [-0.4, -0.2) is 29.7 Å². The summed E-state index contributed by atoms with van der Waals surface area (Å²) in [6.45, 7) is 0.660. The van der Waals surface area contributed by atoms with Crippen LogP contribution in [0, 0.1) is 5.92 Å². The van der Waals surface area contributed by atoms with E-state index in [1.807, 2.05) is 18.2 Å². The molecule has 2 saturated carbocycles. The first kappa shape index (κ1) is 15.8. The summed E-state index contributed by atoms with van der Waals surface area (Å²) < 4.78 is 0. The summed E-state index contributed by atoms with van der Waals surface area (Å²) in [7, 11) is 0. The van der Waals surface area contributed by atoms with Crippen LogP contribution < -0.4 is 10.6 Å². The number of amides is 2. The zero-order valence-electron chi connectivity index (χ0n) is 13.3. The molecule has 1 aromatic carbocycles. The predicted octanol–water partition coefficient (Wildman–Crippen LogP) is 2.66. The highest BCUT2D eigenvalue weighted by Gasteiger charge is 2.44. The van der Waals surface area contributed by atoms with E-state index in [0.717, 1.165) is 25.7 Å². The maximum absolute atomic E-state index is 12.1. The van der Waals surface area contributed by atoms with Crippen LogP contribution in [0.3, 0.4) is 0 Å². The molecule has 2 aliphatic rings. The molecule has 0 aromatic heterocycles. The second kappa shape index (κ2) is 6.60. The molecule has 2 amide bonds. The summed E-state index contributed by atoms with van der Waals surface area (Å²) in [6, 6.07) is 10.3. The topological polar surface area (TPSA) is 78.4 Å². The van der Waals surface area contributed by atoms with Gasteiger partial charge in [0.2, 0.25) is 0 Å². The van der Waals surface area contributed by atoms with Gasteiger partial charge in [-0.25, -0.2) is 4.79 Å². The Hall–Kier alpha value is -2.04. The van der Waals surface area contributed by atoms with Gasteiger partial charge in [0, 0.05) is 18.0 Å². The number of rotatable bonds is 5. The van der Waals surface area contributed by atoms with E-state index in [1.54, 1.807) is 0 Å². The first-order valence-corrected chi connectivity index (χ1v) is 8.42. The number of benzene rings is 1.